The summed E-state index contributed by atoms with van der Waals surface area (Å²) in [5, 5.41) is 15.4. The summed E-state index contributed by atoms with van der Waals surface area (Å²) < 4.78 is 5.33. The number of methoxy groups -OCH3 is 1. The summed E-state index contributed by atoms with van der Waals surface area (Å²) in [4.78, 5) is 22.0. The molecule has 1 aromatic heterocycles. The van der Waals surface area contributed by atoms with Crippen LogP contribution in [0, 0.1) is 5.92 Å². The van der Waals surface area contributed by atoms with Crippen LogP contribution in [-0.2, 0) is 6.54 Å². The second kappa shape index (κ2) is 10.6. The molecule has 1 saturated heterocycles. The number of carbonyl (C=O) groups excluding carboxylic acids is 1. The zero-order chi connectivity index (χ0) is 21.3. The van der Waals surface area contributed by atoms with E-state index in [1.807, 2.05) is 18.2 Å². The minimum absolute atomic E-state index is 0.225. The van der Waals surface area contributed by atoms with E-state index in [4.69, 9.17) is 9.94 Å². The van der Waals surface area contributed by atoms with Gasteiger partial charge in [0.1, 0.15) is 5.75 Å². The molecule has 3 rings (SSSR count). The number of hydrogen-bond donors (Lipinski definition) is 4. The molecule has 0 bridgehead atoms. The number of rotatable bonds is 9. The maximum Gasteiger partial charge on any atom is 0.277 e. The van der Waals surface area contributed by atoms with Gasteiger partial charge in [0.05, 0.1) is 12.7 Å². The Hall–Kier alpha value is -3.17. The number of hydrogen-bond acceptors (Lipinski definition) is 8. The van der Waals surface area contributed by atoms with Crippen molar-refractivity contribution in [2.24, 2.45) is 5.92 Å². The molecular formula is C21H28N6O3. The molecule has 1 aromatic carbocycles. The standard InChI is InChI=1S/C21H28N6O3/c1-3-23-19-5-4-18(30-2)10-16(19)12-22-11-15-6-8-27(9-7-15)21-24-13-17(14-25-21)20(28)26-29/h3-5,10,13-15,22-23,29H,1,6-9,11-12H2,2H3,(H,26,28). The third kappa shape index (κ3) is 5.46. The normalized spacial score (nSPS) is 14.3. The highest BCUT2D eigenvalue weighted by Gasteiger charge is 2.21. The Morgan fingerprint density at radius 1 is 1.33 bits per heavy atom. The second-order valence-electron chi connectivity index (χ2n) is 7.15. The molecule has 1 fully saturated rings. The minimum Gasteiger partial charge on any atom is -0.497 e. The molecule has 2 heterocycles. The molecule has 30 heavy (non-hydrogen) atoms. The van der Waals surface area contributed by atoms with E-state index in [0.717, 1.165) is 56.0 Å². The fourth-order valence-electron chi connectivity index (χ4n) is 3.51. The summed E-state index contributed by atoms with van der Waals surface area (Å²) in [6.07, 6.45) is 6.58. The van der Waals surface area contributed by atoms with Crippen molar-refractivity contribution < 1.29 is 14.7 Å². The van der Waals surface area contributed by atoms with Gasteiger partial charge in [0.2, 0.25) is 5.95 Å². The molecule has 0 atom stereocenters. The fourth-order valence-corrected chi connectivity index (χ4v) is 3.51. The van der Waals surface area contributed by atoms with Crippen LogP contribution in [-0.4, -0.2) is 47.8 Å². The van der Waals surface area contributed by atoms with E-state index in [2.05, 4.69) is 32.1 Å². The Bertz CT molecular complexity index is 850. The van der Waals surface area contributed by atoms with Crippen molar-refractivity contribution >= 4 is 17.5 Å². The summed E-state index contributed by atoms with van der Waals surface area (Å²) in [5.41, 5.74) is 3.95. The molecule has 0 spiro atoms. The smallest absolute Gasteiger partial charge is 0.277 e. The summed E-state index contributed by atoms with van der Waals surface area (Å²) in [7, 11) is 1.67. The fraction of sp³-hybridized carbons (Fsp3) is 0.381. The van der Waals surface area contributed by atoms with E-state index in [9.17, 15) is 4.79 Å². The van der Waals surface area contributed by atoms with E-state index >= 15 is 0 Å². The second-order valence-corrected chi connectivity index (χ2v) is 7.15. The lowest BCUT2D eigenvalue weighted by Gasteiger charge is -2.32. The lowest BCUT2D eigenvalue weighted by molar-refractivity contribution is 0.0705. The monoisotopic (exact) mass is 412 g/mol. The number of hydroxylamine groups is 1. The zero-order valence-corrected chi connectivity index (χ0v) is 17.1. The van der Waals surface area contributed by atoms with Crippen LogP contribution in [0.4, 0.5) is 11.6 Å². The number of carbonyl (C=O) groups is 1. The molecule has 0 radical (unpaired) electrons. The lowest BCUT2D eigenvalue weighted by Crippen LogP contribution is -2.38. The van der Waals surface area contributed by atoms with Crippen LogP contribution >= 0.6 is 0 Å². The molecule has 1 aliphatic rings. The van der Waals surface area contributed by atoms with Gasteiger partial charge >= 0.3 is 0 Å². The zero-order valence-electron chi connectivity index (χ0n) is 17.1. The van der Waals surface area contributed by atoms with Crippen molar-refractivity contribution in [1.82, 2.24) is 20.8 Å². The molecule has 4 N–H and O–H groups in total. The highest BCUT2D eigenvalue weighted by molar-refractivity contribution is 5.92. The molecule has 9 nitrogen and oxygen atoms in total. The van der Waals surface area contributed by atoms with E-state index in [1.54, 1.807) is 18.8 Å². The maximum atomic E-state index is 11.4. The molecule has 1 aliphatic heterocycles. The predicted molar refractivity (Wildman–Crippen MR) is 115 cm³/mol. The number of benzene rings is 1. The quantitative estimate of drug-likeness (QED) is 0.366. The Balaban J connectivity index is 1.47. The number of piperidine rings is 1. The first kappa shape index (κ1) is 21.5. The average molecular weight is 412 g/mol. The third-order valence-corrected chi connectivity index (χ3v) is 5.22. The SMILES string of the molecule is C=CNc1ccc(OC)cc1CNCC1CCN(c2ncc(C(=O)NO)cn2)CC1. The van der Waals surface area contributed by atoms with Gasteiger partial charge in [-0.25, -0.2) is 15.4 Å². The van der Waals surface area contributed by atoms with Crippen LogP contribution < -0.4 is 25.8 Å². The average Bonchev–Trinajstić information content (AvgIpc) is 2.80. The topological polar surface area (TPSA) is 112 Å². The van der Waals surface area contributed by atoms with Gasteiger partial charge in [-0.15, -0.1) is 0 Å². The van der Waals surface area contributed by atoms with Gasteiger partial charge in [0.25, 0.3) is 5.91 Å². The Morgan fingerprint density at radius 3 is 2.70 bits per heavy atom. The molecule has 160 valence electrons. The number of aromatic nitrogens is 2. The van der Waals surface area contributed by atoms with Gasteiger partial charge in [-0.05, 0) is 55.3 Å². The van der Waals surface area contributed by atoms with Gasteiger partial charge < -0.3 is 20.3 Å². The highest BCUT2D eigenvalue weighted by atomic mass is 16.5. The number of amides is 1. The van der Waals surface area contributed by atoms with Crippen LogP contribution in [0.25, 0.3) is 0 Å². The molecular weight excluding hydrogens is 384 g/mol. The first-order valence-corrected chi connectivity index (χ1v) is 9.91. The van der Waals surface area contributed by atoms with Crippen molar-refractivity contribution in [1.29, 1.82) is 0 Å². The Labute approximate surface area is 176 Å². The molecule has 9 heteroatoms. The first-order chi connectivity index (χ1) is 14.6. The minimum atomic E-state index is -0.617. The molecule has 1 amide bonds. The van der Waals surface area contributed by atoms with Gasteiger partial charge in [-0.1, -0.05) is 6.58 Å². The number of ether oxygens (including phenoxy) is 1. The maximum absolute atomic E-state index is 11.4. The van der Waals surface area contributed by atoms with Crippen LogP contribution in [0.15, 0.2) is 43.4 Å². The van der Waals surface area contributed by atoms with Crippen LogP contribution in [0.3, 0.4) is 0 Å². The molecule has 0 aliphatic carbocycles. The van der Waals surface area contributed by atoms with Gasteiger partial charge in [-0.2, -0.15) is 0 Å². The number of nitrogens with one attached hydrogen (secondary N) is 3. The molecule has 2 aromatic rings. The van der Waals surface area contributed by atoms with Gasteiger partial charge in [-0.3, -0.25) is 10.0 Å². The van der Waals surface area contributed by atoms with Crippen molar-refractivity contribution in [3.8, 4) is 5.75 Å². The van der Waals surface area contributed by atoms with Gasteiger partial charge in [0.15, 0.2) is 0 Å². The van der Waals surface area contributed by atoms with Crippen molar-refractivity contribution in [2.45, 2.75) is 19.4 Å². The number of anilines is 2. The van der Waals surface area contributed by atoms with Crippen molar-refractivity contribution in [3.05, 3.63) is 54.5 Å². The summed E-state index contributed by atoms with van der Waals surface area (Å²) in [6, 6.07) is 5.95. The largest absolute Gasteiger partial charge is 0.497 e. The van der Waals surface area contributed by atoms with E-state index < -0.39 is 5.91 Å². The summed E-state index contributed by atoms with van der Waals surface area (Å²) in [6.45, 7) is 7.12. The van der Waals surface area contributed by atoms with Crippen molar-refractivity contribution in [3.63, 3.8) is 0 Å². The Kier molecular flexibility index (Phi) is 7.58. The van der Waals surface area contributed by atoms with Crippen molar-refractivity contribution in [2.75, 3.05) is 37.0 Å². The first-order valence-electron chi connectivity index (χ1n) is 9.91. The molecule has 0 saturated carbocycles. The lowest BCUT2D eigenvalue weighted by atomic mass is 9.97. The van der Waals surface area contributed by atoms with Gasteiger partial charge in [0, 0.05) is 37.7 Å². The van der Waals surface area contributed by atoms with E-state index in [1.165, 1.54) is 12.4 Å². The summed E-state index contributed by atoms with van der Waals surface area (Å²) in [5.74, 6) is 1.39. The predicted octanol–water partition coefficient (Wildman–Crippen LogP) is 2.17. The summed E-state index contributed by atoms with van der Waals surface area (Å²) >= 11 is 0. The van der Waals surface area contributed by atoms with E-state index in [0.29, 0.717) is 11.9 Å². The number of nitrogens with zero attached hydrogens (tertiary/aromatic N) is 3. The van der Waals surface area contributed by atoms with E-state index in [-0.39, 0.29) is 5.56 Å². The highest BCUT2D eigenvalue weighted by Crippen LogP contribution is 2.23. The van der Waals surface area contributed by atoms with Crippen LogP contribution in [0.2, 0.25) is 0 Å². The van der Waals surface area contributed by atoms with Crippen LogP contribution in [0.5, 0.6) is 5.75 Å². The van der Waals surface area contributed by atoms with Crippen LogP contribution in [0.1, 0.15) is 28.8 Å². The Morgan fingerprint density at radius 2 is 2.07 bits per heavy atom. The molecule has 0 unspecified atom stereocenters. The third-order valence-electron chi connectivity index (χ3n) is 5.22.